The van der Waals surface area contributed by atoms with Crippen LogP contribution in [0.15, 0.2) is 0 Å². The third-order valence-electron chi connectivity index (χ3n) is 1.81. The zero-order chi connectivity index (χ0) is 7.56. The van der Waals surface area contributed by atoms with Crippen LogP contribution in [0.5, 0.6) is 0 Å². The standard InChI is InChI=1S/C6H12F2N2/c1-9-2-4-10(5-3-9)6(7)8/h6H,2-5H2,1H3. The number of rotatable bonds is 1. The van der Waals surface area contributed by atoms with Gasteiger partial charge in [-0.3, -0.25) is 0 Å². The molecule has 60 valence electrons. The largest absolute Gasteiger partial charge is 0.304 e. The summed E-state index contributed by atoms with van der Waals surface area (Å²) in [6.07, 6.45) is 0. The van der Waals surface area contributed by atoms with E-state index < -0.39 is 6.55 Å². The molecule has 0 radical (unpaired) electrons. The lowest BCUT2D eigenvalue weighted by Gasteiger charge is -2.31. The number of alkyl halides is 2. The zero-order valence-corrected chi connectivity index (χ0v) is 6.06. The molecule has 1 fully saturated rings. The van der Waals surface area contributed by atoms with Gasteiger partial charge in [-0.25, -0.2) is 4.90 Å². The molecule has 0 bridgehead atoms. The maximum absolute atomic E-state index is 12.0. The Bertz CT molecular complexity index is 99.9. The molecule has 0 N–H and O–H groups in total. The van der Waals surface area contributed by atoms with E-state index >= 15 is 0 Å². The van der Waals surface area contributed by atoms with Gasteiger partial charge in [0.05, 0.1) is 0 Å². The summed E-state index contributed by atoms with van der Waals surface area (Å²) in [7, 11) is 1.95. The minimum atomic E-state index is -2.27. The van der Waals surface area contributed by atoms with Crippen LogP contribution in [0.1, 0.15) is 0 Å². The molecule has 1 aliphatic rings. The van der Waals surface area contributed by atoms with Crippen LogP contribution in [0.4, 0.5) is 8.78 Å². The Kier molecular flexibility index (Phi) is 2.56. The van der Waals surface area contributed by atoms with Crippen molar-refractivity contribution >= 4 is 0 Å². The Balaban J connectivity index is 2.26. The summed E-state index contributed by atoms with van der Waals surface area (Å²) in [6.45, 7) is 0.227. The Hall–Kier alpha value is -0.220. The summed E-state index contributed by atoms with van der Waals surface area (Å²) >= 11 is 0. The highest BCUT2D eigenvalue weighted by Gasteiger charge is 2.20. The summed E-state index contributed by atoms with van der Waals surface area (Å²) in [5.41, 5.74) is 0. The van der Waals surface area contributed by atoms with Gasteiger partial charge in [-0.05, 0) is 7.05 Å². The van der Waals surface area contributed by atoms with Crippen molar-refractivity contribution in [3.8, 4) is 0 Å². The number of nitrogens with zero attached hydrogens (tertiary/aromatic N) is 2. The third kappa shape index (κ3) is 1.88. The Morgan fingerprint density at radius 2 is 1.60 bits per heavy atom. The second-order valence-corrected chi connectivity index (χ2v) is 2.62. The molecule has 1 rings (SSSR count). The summed E-state index contributed by atoms with van der Waals surface area (Å²) in [5, 5.41) is 0. The minimum Gasteiger partial charge on any atom is -0.304 e. The van der Waals surface area contributed by atoms with Crippen molar-refractivity contribution in [3.63, 3.8) is 0 Å². The molecule has 0 aromatic rings. The Labute approximate surface area is 59.4 Å². The summed E-state index contributed by atoms with van der Waals surface area (Å²) in [6, 6.07) is 0. The van der Waals surface area contributed by atoms with Gasteiger partial charge in [-0.1, -0.05) is 0 Å². The average molecular weight is 150 g/mol. The highest BCUT2D eigenvalue weighted by Crippen LogP contribution is 2.06. The molecule has 0 aliphatic carbocycles. The van der Waals surface area contributed by atoms with Crippen molar-refractivity contribution in [1.29, 1.82) is 0 Å². The molecular formula is C6H12F2N2. The van der Waals surface area contributed by atoms with Gasteiger partial charge in [0.15, 0.2) is 0 Å². The maximum Gasteiger partial charge on any atom is 0.294 e. The van der Waals surface area contributed by atoms with E-state index in [0.717, 1.165) is 13.1 Å². The van der Waals surface area contributed by atoms with Crippen LogP contribution in [0.25, 0.3) is 0 Å². The zero-order valence-electron chi connectivity index (χ0n) is 6.06. The fraction of sp³-hybridized carbons (Fsp3) is 1.00. The van der Waals surface area contributed by atoms with Gasteiger partial charge in [-0.15, -0.1) is 0 Å². The van der Waals surface area contributed by atoms with Crippen LogP contribution in [-0.2, 0) is 0 Å². The van der Waals surface area contributed by atoms with Crippen molar-refractivity contribution in [2.45, 2.75) is 6.55 Å². The molecule has 4 heteroatoms. The maximum atomic E-state index is 12.0. The molecule has 1 aliphatic heterocycles. The lowest BCUT2D eigenvalue weighted by molar-refractivity contribution is -0.0478. The third-order valence-corrected chi connectivity index (χ3v) is 1.81. The van der Waals surface area contributed by atoms with Crippen molar-refractivity contribution in [3.05, 3.63) is 0 Å². The van der Waals surface area contributed by atoms with Crippen LogP contribution >= 0.6 is 0 Å². The molecule has 1 saturated heterocycles. The first-order chi connectivity index (χ1) is 4.70. The minimum absolute atomic E-state index is 0.494. The van der Waals surface area contributed by atoms with Crippen LogP contribution in [0, 0.1) is 0 Å². The fourth-order valence-electron chi connectivity index (χ4n) is 1.02. The monoisotopic (exact) mass is 150 g/mol. The van der Waals surface area contributed by atoms with E-state index in [1.54, 1.807) is 0 Å². The summed E-state index contributed by atoms with van der Waals surface area (Å²) in [4.78, 5) is 3.25. The first-order valence-electron chi connectivity index (χ1n) is 3.41. The highest BCUT2D eigenvalue weighted by molar-refractivity contribution is 4.67. The van der Waals surface area contributed by atoms with Crippen molar-refractivity contribution in [1.82, 2.24) is 9.80 Å². The van der Waals surface area contributed by atoms with Crippen molar-refractivity contribution < 1.29 is 8.78 Å². The SMILES string of the molecule is CN1CCN(C(F)F)CC1. The van der Waals surface area contributed by atoms with Crippen LogP contribution in [0.3, 0.4) is 0 Å². The van der Waals surface area contributed by atoms with E-state index in [2.05, 4.69) is 4.90 Å². The fourth-order valence-corrected chi connectivity index (χ4v) is 1.02. The predicted molar refractivity (Wildman–Crippen MR) is 35.1 cm³/mol. The van der Waals surface area contributed by atoms with Crippen LogP contribution in [-0.4, -0.2) is 49.6 Å². The molecule has 0 atom stereocenters. The molecule has 1 heterocycles. The summed E-state index contributed by atoms with van der Waals surface area (Å²) < 4.78 is 23.9. The topological polar surface area (TPSA) is 6.48 Å². The van der Waals surface area contributed by atoms with E-state index in [1.165, 1.54) is 4.90 Å². The van der Waals surface area contributed by atoms with E-state index in [4.69, 9.17) is 0 Å². The van der Waals surface area contributed by atoms with Crippen LogP contribution in [0.2, 0.25) is 0 Å². The van der Waals surface area contributed by atoms with Gasteiger partial charge >= 0.3 is 0 Å². The second kappa shape index (κ2) is 3.25. The van der Waals surface area contributed by atoms with Crippen LogP contribution < -0.4 is 0 Å². The average Bonchev–Trinajstić information content (AvgIpc) is 1.88. The van der Waals surface area contributed by atoms with Gasteiger partial charge in [-0.2, -0.15) is 8.78 Å². The number of likely N-dealkylation sites (N-methyl/N-ethyl adjacent to an activating group) is 1. The smallest absolute Gasteiger partial charge is 0.294 e. The first-order valence-corrected chi connectivity index (χ1v) is 3.41. The Morgan fingerprint density at radius 1 is 1.10 bits per heavy atom. The van der Waals surface area contributed by atoms with E-state index in [0.29, 0.717) is 13.1 Å². The molecular weight excluding hydrogens is 138 g/mol. The number of hydrogen-bond donors (Lipinski definition) is 0. The quantitative estimate of drug-likeness (QED) is 0.501. The predicted octanol–water partition coefficient (Wildman–Crippen LogP) is 0.456. The first kappa shape index (κ1) is 7.88. The molecule has 0 aromatic carbocycles. The normalized spacial score (nSPS) is 24.0. The number of hydrogen-bond acceptors (Lipinski definition) is 2. The molecule has 0 spiro atoms. The number of halogens is 2. The number of piperazine rings is 1. The van der Waals surface area contributed by atoms with Gasteiger partial charge in [0, 0.05) is 26.2 Å². The lowest BCUT2D eigenvalue weighted by atomic mass is 10.3. The van der Waals surface area contributed by atoms with Gasteiger partial charge in [0.25, 0.3) is 6.55 Å². The molecule has 0 aromatic heterocycles. The molecule has 0 unspecified atom stereocenters. The van der Waals surface area contributed by atoms with Crippen molar-refractivity contribution in [2.75, 3.05) is 33.2 Å². The van der Waals surface area contributed by atoms with Crippen molar-refractivity contribution in [2.24, 2.45) is 0 Å². The van der Waals surface area contributed by atoms with Gasteiger partial charge in [0.1, 0.15) is 0 Å². The molecule has 10 heavy (non-hydrogen) atoms. The molecule has 2 nitrogen and oxygen atoms in total. The highest BCUT2D eigenvalue weighted by atomic mass is 19.3. The van der Waals surface area contributed by atoms with Gasteiger partial charge in [0.2, 0.25) is 0 Å². The van der Waals surface area contributed by atoms with E-state index in [1.807, 2.05) is 7.05 Å². The second-order valence-electron chi connectivity index (χ2n) is 2.62. The molecule has 0 amide bonds. The van der Waals surface area contributed by atoms with Gasteiger partial charge < -0.3 is 4.90 Å². The van der Waals surface area contributed by atoms with E-state index in [-0.39, 0.29) is 0 Å². The summed E-state index contributed by atoms with van der Waals surface area (Å²) in [5.74, 6) is 0. The molecule has 0 saturated carbocycles. The Morgan fingerprint density at radius 3 is 2.00 bits per heavy atom. The lowest BCUT2D eigenvalue weighted by Crippen LogP contribution is -2.46. The van der Waals surface area contributed by atoms with E-state index in [9.17, 15) is 8.78 Å².